The third kappa shape index (κ3) is 3.76. The quantitative estimate of drug-likeness (QED) is 0.481. The van der Waals surface area contributed by atoms with Crippen molar-refractivity contribution in [3.05, 3.63) is 70.6 Å². The van der Waals surface area contributed by atoms with Crippen LogP contribution in [0.15, 0.2) is 60.0 Å². The van der Waals surface area contributed by atoms with Gasteiger partial charge in [0.1, 0.15) is 5.75 Å². The van der Waals surface area contributed by atoms with E-state index < -0.39 is 0 Å². The Balaban J connectivity index is 1.55. The summed E-state index contributed by atoms with van der Waals surface area (Å²) in [5.41, 5.74) is 2.63. The van der Waals surface area contributed by atoms with Gasteiger partial charge in [-0.1, -0.05) is 35.9 Å². The zero-order chi connectivity index (χ0) is 19.5. The number of carbonyl (C=O) groups is 1. The molecule has 6 nitrogen and oxygen atoms in total. The number of fused-ring (bicyclic) bond motifs is 1. The first-order chi connectivity index (χ1) is 13.6. The minimum atomic E-state index is -0.313. The van der Waals surface area contributed by atoms with Crippen LogP contribution in [0.3, 0.4) is 0 Å². The number of rotatable bonds is 5. The van der Waals surface area contributed by atoms with Crippen molar-refractivity contribution in [3.63, 3.8) is 0 Å². The number of methoxy groups -OCH3 is 1. The second-order valence-electron chi connectivity index (χ2n) is 5.83. The average molecular weight is 411 g/mol. The zero-order valence-corrected chi connectivity index (χ0v) is 16.4. The Morgan fingerprint density at radius 1 is 1.21 bits per heavy atom. The minimum Gasteiger partial charge on any atom is -0.496 e. The SMILES string of the molecule is COc1ccccc1-c1csc2nc(NC(=O)/C=C/c3ccc(Cl)cc3)nn12. The Morgan fingerprint density at radius 3 is 2.79 bits per heavy atom. The summed E-state index contributed by atoms with van der Waals surface area (Å²) in [6, 6.07) is 14.9. The van der Waals surface area contributed by atoms with Crippen molar-refractivity contribution < 1.29 is 9.53 Å². The minimum absolute atomic E-state index is 0.244. The molecule has 0 saturated carbocycles. The summed E-state index contributed by atoms with van der Waals surface area (Å²) in [7, 11) is 1.63. The van der Waals surface area contributed by atoms with E-state index in [-0.39, 0.29) is 11.9 Å². The highest BCUT2D eigenvalue weighted by atomic mass is 35.5. The maximum absolute atomic E-state index is 12.2. The van der Waals surface area contributed by atoms with Gasteiger partial charge in [0.25, 0.3) is 11.9 Å². The second-order valence-corrected chi connectivity index (χ2v) is 7.10. The molecule has 2 aromatic carbocycles. The van der Waals surface area contributed by atoms with Crippen molar-refractivity contribution >= 4 is 45.8 Å². The normalized spacial score (nSPS) is 11.2. The summed E-state index contributed by atoms with van der Waals surface area (Å²) in [6.45, 7) is 0. The number of ether oxygens (including phenoxy) is 1. The average Bonchev–Trinajstić information content (AvgIpc) is 3.27. The van der Waals surface area contributed by atoms with E-state index in [0.717, 1.165) is 22.6 Å². The fraction of sp³-hybridized carbons (Fsp3) is 0.0500. The Labute approximate surface area is 170 Å². The lowest BCUT2D eigenvalue weighted by Crippen LogP contribution is -2.09. The number of nitrogens with one attached hydrogen (secondary N) is 1. The molecule has 1 amide bonds. The van der Waals surface area contributed by atoms with Crippen molar-refractivity contribution in [1.82, 2.24) is 14.6 Å². The van der Waals surface area contributed by atoms with Gasteiger partial charge in [-0.05, 0) is 35.9 Å². The molecule has 0 aliphatic rings. The molecular weight excluding hydrogens is 396 g/mol. The smallest absolute Gasteiger partial charge is 0.250 e. The third-order valence-electron chi connectivity index (χ3n) is 4.00. The summed E-state index contributed by atoms with van der Waals surface area (Å²) >= 11 is 7.30. The molecule has 0 aliphatic carbocycles. The van der Waals surface area contributed by atoms with Crippen LogP contribution in [-0.2, 0) is 4.79 Å². The van der Waals surface area contributed by atoms with E-state index in [0.29, 0.717) is 9.98 Å². The van der Waals surface area contributed by atoms with Gasteiger partial charge in [0.05, 0.1) is 12.8 Å². The predicted molar refractivity (Wildman–Crippen MR) is 112 cm³/mol. The highest BCUT2D eigenvalue weighted by molar-refractivity contribution is 7.15. The van der Waals surface area contributed by atoms with E-state index in [1.165, 1.54) is 17.4 Å². The Bertz CT molecular complexity index is 1160. The third-order valence-corrected chi connectivity index (χ3v) is 5.06. The summed E-state index contributed by atoms with van der Waals surface area (Å²) in [6.07, 6.45) is 3.13. The first-order valence-electron chi connectivity index (χ1n) is 8.36. The number of anilines is 1. The molecule has 8 heteroatoms. The summed E-state index contributed by atoms with van der Waals surface area (Å²) in [5.74, 6) is 0.676. The van der Waals surface area contributed by atoms with Crippen LogP contribution in [0.1, 0.15) is 5.56 Å². The van der Waals surface area contributed by atoms with Crippen molar-refractivity contribution in [1.29, 1.82) is 0 Å². The van der Waals surface area contributed by atoms with Crippen LogP contribution in [-0.4, -0.2) is 27.6 Å². The van der Waals surface area contributed by atoms with Crippen LogP contribution in [0.5, 0.6) is 5.75 Å². The molecule has 140 valence electrons. The number of hydrogen-bond donors (Lipinski definition) is 1. The van der Waals surface area contributed by atoms with Gasteiger partial charge in [-0.15, -0.1) is 16.4 Å². The van der Waals surface area contributed by atoms with Crippen LogP contribution in [0, 0.1) is 0 Å². The molecule has 0 unspecified atom stereocenters. The number of nitrogens with zero attached hydrogens (tertiary/aromatic N) is 3. The predicted octanol–water partition coefficient (Wildman–Crippen LogP) is 4.77. The number of carbonyl (C=O) groups excluding carboxylic acids is 1. The van der Waals surface area contributed by atoms with Crippen molar-refractivity contribution in [3.8, 4) is 17.0 Å². The molecule has 0 fully saturated rings. The van der Waals surface area contributed by atoms with Gasteiger partial charge >= 0.3 is 0 Å². The standard InChI is InChI=1S/C20H15ClN4O2S/c1-27-17-5-3-2-4-15(17)16-12-28-20-23-19(24-25(16)20)22-18(26)11-8-13-6-9-14(21)10-7-13/h2-12H,1H3,(H,22,24,26)/b11-8+. The number of para-hydroxylation sites is 1. The molecule has 0 atom stereocenters. The van der Waals surface area contributed by atoms with Crippen LogP contribution < -0.4 is 10.1 Å². The number of amides is 1. The van der Waals surface area contributed by atoms with Crippen LogP contribution >= 0.6 is 22.9 Å². The Kier molecular flexibility index (Phi) is 5.10. The van der Waals surface area contributed by atoms with Crippen molar-refractivity contribution in [2.75, 3.05) is 12.4 Å². The lowest BCUT2D eigenvalue weighted by molar-refractivity contribution is -0.111. The molecule has 1 N–H and O–H groups in total. The number of benzene rings is 2. The lowest BCUT2D eigenvalue weighted by atomic mass is 10.1. The van der Waals surface area contributed by atoms with E-state index in [2.05, 4.69) is 15.4 Å². The Morgan fingerprint density at radius 2 is 2.00 bits per heavy atom. The molecule has 28 heavy (non-hydrogen) atoms. The number of aromatic nitrogens is 3. The number of hydrogen-bond acceptors (Lipinski definition) is 5. The van der Waals surface area contributed by atoms with Crippen LogP contribution in [0.2, 0.25) is 5.02 Å². The highest BCUT2D eigenvalue weighted by Crippen LogP contribution is 2.32. The number of thiazole rings is 1. The van der Waals surface area contributed by atoms with Crippen LogP contribution in [0.4, 0.5) is 5.95 Å². The Hall–Kier alpha value is -3.16. The largest absolute Gasteiger partial charge is 0.496 e. The molecule has 2 aromatic heterocycles. The van der Waals surface area contributed by atoms with E-state index in [9.17, 15) is 4.79 Å². The van der Waals surface area contributed by atoms with Gasteiger partial charge in [0, 0.05) is 22.0 Å². The molecule has 0 spiro atoms. The van der Waals surface area contributed by atoms with E-state index in [1.54, 1.807) is 29.8 Å². The summed E-state index contributed by atoms with van der Waals surface area (Å²) in [5, 5.41) is 9.70. The summed E-state index contributed by atoms with van der Waals surface area (Å²) in [4.78, 5) is 17.2. The van der Waals surface area contributed by atoms with Gasteiger partial charge < -0.3 is 4.74 Å². The molecule has 0 radical (unpaired) electrons. The highest BCUT2D eigenvalue weighted by Gasteiger charge is 2.15. The maximum atomic E-state index is 12.2. The van der Waals surface area contributed by atoms with Crippen LogP contribution in [0.25, 0.3) is 22.3 Å². The lowest BCUT2D eigenvalue weighted by Gasteiger charge is -2.06. The van der Waals surface area contributed by atoms with E-state index in [4.69, 9.17) is 16.3 Å². The fourth-order valence-corrected chi connectivity index (χ4v) is 3.62. The molecule has 4 aromatic rings. The first kappa shape index (κ1) is 18.2. The molecule has 0 saturated heterocycles. The fourth-order valence-electron chi connectivity index (χ4n) is 2.67. The van der Waals surface area contributed by atoms with Gasteiger partial charge in [-0.25, -0.2) is 4.52 Å². The van der Waals surface area contributed by atoms with E-state index in [1.807, 2.05) is 41.8 Å². The second kappa shape index (κ2) is 7.84. The van der Waals surface area contributed by atoms with Crippen molar-refractivity contribution in [2.24, 2.45) is 0 Å². The van der Waals surface area contributed by atoms with E-state index >= 15 is 0 Å². The molecule has 4 rings (SSSR count). The van der Waals surface area contributed by atoms with Gasteiger partial charge in [0.15, 0.2) is 0 Å². The first-order valence-corrected chi connectivity index (χ1v) is 9.62. The van der Waals surface area contributed by atoms with Crippen molar-refractivity contribution in [2.45, 2.75) is 0 Å². The maximum Gasteiger partial charge on any atom is 0.250 e. The molecule has 0 bridgehead atoms. The summed E-state index contributed by atoms with van der Waals surface area (Å²) < 4.78 is 7.12. The van der Waals surface area contributed by atoms with Gasteiger partial charge in [-0.3, -0.25) is 10.1 Å². The monoisotopic (exact) mass is 410 g/mol. The molecular formula is C20H15ClN4O2S. The molecule has 2 heterocycles. The van der Waals surface area contributed by atoms with Gasteiger partial charge in [-0.2, -0.15) is 4.98 Å². The number of halogens is 1. The zero-order valence-electron chi connectivity index (χ0n) is 14.8. The molecule has 0 aliphatic heterocycles. The van der Waals surface area contributed by atoms with Gasteiger partial charge in [0.2, 0.25) is 4.96 Å². The topological polar surface area (TPSA) is 68.5 Å².